The number of nitrogens with zero attached hydrogens (tertiary/aromatic N) is 1. The molecule has 1 fully saturated rings. The summed E-state index contributed by atoms with van der Waals surface area (Å²) in [6.45, 7) is 2.02. The number of rotatable bonds is 4. The number of amides is 1. The number of carbonyl (C=O) groups excluding carboxylic acids is 1. The van der Waals surface area contributed by atoms with Crippen LogP contribution in [0.1, 0.15) is 19.8 Å². The Bertz CT molecular complexity index is 223. The number of amidine groups is 1. The molecule has 0 heterocycles. The van der Waals surface area contributed by atoms with Crippen LogP contribution in [-0.2, 0) is 4.79 Å². The third kappa shape index (κ3) is 2.93. The zero-order valence-corrected chi connectivity index (χ0v) is 7.66. The van der Waals surface area contributed by atoms with Gasteiger partial charge in [-0.3, -0.25) is 4.79 Å². The Kier molecular flexibility index (Phi) is 3.11. The number of nitrogens with one attached hydrogen (secondary N) is 1. The molecule has 4 N–H and O–H groups in total. The van der Waals surface area contributed by atoms with Crippen LogP contribution in [0.3, 0.4) is 0 Å². The van der Waals surface area contributed by atoms with Crippen LogP contribution < -0.4 is 11.1 Å². The van der Waals surface area contributed by atoms with Crippen molar-refractivity contribution in [1.29, 1.82) is 0 Å². The molecule has 0 aliphatic heterocycles. The summed E-state index contributed by atoms with van der Waals surface area (Å²) >= 11 is 0. The number of carbonyl (C=O) groups is 1. The smallest absolute Gasteiger partial charge is 0.223 e. The van der Waals surface area contributed by atoms with Crippen molar-refractivity contribution in [2.45, 2.75) is 19.8 Å². The van der Waals surface area contributed by atoms with E-state index in [-0.39, 0.29) is 24.2 Å². The summed E-state index contributed by atoms with van der Waals surface area (Å²) in [5, 5.41) is 13.6. The van der Waals surface area contributed by atoms with E-state index in [1.165, 1.54) is 0 Å². The first-order chi connectivity index (χ1) is 6.15. The molecule has 74 valence electrons. The predicted octanol–water partition coefficient (Wildman–Crippen LogP) is -0.105. The van der Waals surface area contributed by atoms with Gasteiger partial charge in [0.15, 0.2) is 5.84 Å². The van der Waals surface area contributed by atoms with Crippen molar-refractivity contribution in [2.75, 3.05) is 6.54 Å². The summed E-state index contributed by atoms with van der Waals surface area (Å²) in [5.41, 5.74) is 5.20. The molecule has 1 saturated carbocycles. The standard InChI is InChI=1S/C8H15N3O2/c1-5(6-2-3-6)8(12)10-4-7(9)11-13/h5-6,13H,2-4H2,1H3,(H2,9,11)(H,10,12). The maximum absolute atomic E-state index is 11.3. The van der Waals surface area contributed by atoms with Crippen molar-refractivity contribution < 1.29 is 10.0 Å². The molecule has 1 aliphatic carbocycles. The van der Waals surface area contributed by atoms with E-state index in [0.29, 0.717) is 5.92 Å². The van der Waals surface area contributed by atoms with Gasteiger partial charge < -0.3 is 16.3 Å². The largest absolute Gasteiger partial charge is 0.409 e. The van der Waals surface area contributed by atoms with Gasteiger partial charge in [-0.15, -0.1) is 0 Å². The number of hydrogen-bond donors (Lipinski definition) is 3. The van der Waals surface area contributed by atoms with Crippen LogP contribution in [-0.4, -0.2) is 23.5 Å². The predicted molar refractivity (Wildman–Crippen MR) is 48.3 cm³/mol. The fourth-order valence-electron chi connectivity index (χ4n) is 1.18. The van der Waals surface area contributed by atoms with E-state index in [0.717, 1.165) is 12.8 Å². The van der Waals surface area contributed by atoms with Crippen LogP contribution in [0.2, 0.25) is 0 Å². The maximum atomic E-state index is 11.3. The molecular formula is C8H15N3O2. The first-order valence-electron chi connectivity index (χ1n) is 4.39. The average Bonchev–Trinajstić information content (AvgIpc) is 2.95. The number of nitrogens with two attached hydrogens (primary N) is 1. The molecule has 0 aromatic rings. The fraction of sp³-hybridized carbons (Fsp3) is 0.750. The van der Waals surface area contributed by atoms with Gasteiger partial charge in [-0.05, 0) is 18.8 Å². The highest BCUT2D eigenvalue weighted by Crippen LogP contribution is 2.36. The van der Waals surface area contributed by atoms with Gasteiger partial charge in [0, 0.05) is 5.92 Å². The van der Waals surface area contributed by atoms with Gasteiger partial charge in [-0.1, -0.05) is 12.1 Å². The topological polar surface area (TPSA) is 87.7 Å². The zero-order valence-electron chi connectivity index (χ0n) is 7.66. The van der Waals surface area contributed by atoms with Gasteiger partial charge in [-0.25, -0.2) is 0 Å². The Labute approximate surface area is 77.0 Å². The summed E-state index contributed by atoms with van der Waals surface area (Å²) in [6, 6.07) is 0. The molecule has 1 unspecified atom stereocenters. The molecule has 1 aliphatic rings. The van der Waals surface area contributed by atoms with Gasteiger partial charge in [0.05, 0.1) is 6.54 Å². The second-order valence-corrected chi connectivity index (χ2v) is 3.44. The lowest BCUT2D eigenvalue weighted by Gasteiger charge is -2.09. The Morgan fingerprint density at radius 1 is 1.77 bits per heavy atom. The fourth-order valence-corrected chi connectivity index (χ4v) is 1.18. The van der Waals surface area contributed by atoms with Gasteiger partial charge in [0.1, 0.15) is 0 Å². The molecule has 0 radical (unpaired) electrons. The highest BCUT2D eigenvalue weighted by Gasteiger charge is 2.32. The summed E-state index contributed by atoms with van der Waals surface area (Å²) < 4.78 is 0. The first-order valence-corrected chi connectivity index (χ1v) is 4.39. The molecule has 0 aromatic carbocycles. The molecule has 5 heteroatoms. The van der Waals surface area contributed by atoms with E-state index < -0.39 is 0 Å². The van der Waals surface area contributed by atoms with Crippen LogP contribution in [0.4, 0.5) is 0 Å². The zero-order chi connectivity index (χ0) is 9.84. The van der Waals surface area contributed by atoms with Crippen molar-refractivity contribution in [2.24, 2.45) is 22.7 Å². The second-order valence-electron chi connectivity index (χ2n) is 3.44. The molecule has 0 aromatic heterocycles. The molecule has 1 atom stereocenters. The lowest BCUT2D eigenvalue weighted by molar-refractivity contribution is -0.124. The Balaban J connectivity index is 2.24. The number of hydrogen-bond acceptors (Lipinski definition) is 3. The maximum Gasteiger partial charge on any atom is 0.223 e. The third-order valence-electron chi connectivity index (χ3n) is 2.31. The minimum absolute atomic E-state index is 0.0194. The van der Waals surface area contributed by atoms with Crippen LogP contribution in [0, 0.1) is 11.8 Å². The highest BCUT2D eigenvalue weighted by atomic mass is 16.4. The lowest BCUT2D eigenvalue weighted by Crippen LogP contribution is -2.37. The van der Waals surface area contributed by atoms with E-state index in [2.05, 4.69) is 10.5 Å². The van der Waals surface area contributed by atoms with Crippen molar-refractivity contribution in [3.05, 3.63) is 0 Å². The summed E-state index contributed by atoms with van der Waals surface area (Å²) in [5.74, 6) is 0.587. The van der Waals surface area contributed by atoms with Crippen LogP contribution in [0.5, 0.6) is 0 Å². The van der Waals surface area contributed by atoms with E-state index in [9.17, 15) is 4.79 Å². The van der Waals surface area contributed by atoms with Gasteiger partial charge in [0.25, 0.3) is 0 Å². The molecule has 0 spiro atoms. The van der Waals surface area contributed by atoms with E-state index in [1.807, 2.05) is 6.92 Å². The van der Waals surface area contributed by atoms with Crippen LogP contribution in [0.25, 0.3) is 0 Å². The summed E-state index contributed by atoms with van der Waals surface area (Å²) in [4.78, 5) is 11.3. The normalized spacial score (nSPS) is 19.6. The molecule has 1 amide bonds. The molecule has 0 bridgehead atoms. The monoisotopic (exact) mass is 185 g/mol. The average molecular weight is 185 g/mol. The van der Waals surface area contributed by atoms with Crippen molar-refractivity contribution >= 4 is 11.7 Å². The second kappa shape index (κ2) is 4.11. The summed E-state index contributed by atoms with van der Waals surface area (Å²) in [7, 11) is 0. The quantitative estimate of drug-likeness (QED) is 0.247. The van der Waals surface area contributed by atoms with Crippen molar-refractivity contribution in [3.8, 4) is 0 Å². The highest BCUT2D eigenvalue weighted by molar-refractivity contribution is 5.87. The van der Waals surface area contributed by atoms with Crippen LogP contribution in [0.15, 0.2) is 5.16 Å². The minimum atomic E-state index is -0.0194. The van der Waals surface area contributed by atoms with Crippen molar-refractivity contribution in [1.82, 2.24) is 5.32 Å². The third-order valence-corrected chi connectivity index (χ3v) is 2.31. The molecular weight excluding hydrogens is 170 g/mol. The van der Waals surface area contributed by atoms with Crippen molar-refractivity contribution in [3.63, 3.8) is 0 Å². The lowest BCUT2D eigenvalue weighted by atomic mass is 10.1. The molecule has 13 heavy (non-hydrogen) atoms. The van der Waals surface area contributed by atoms with Gasteiger partial charge in [-0.2, -0.15) is 0 Å². The van der Waals surface area contributed by atoms with Crippen LogP contribution >= 0.6 is 0 Å². The van der Waals surface area contributed by atoms with E-state index >= 15 is 0 Å². The van der Waals surface area contributed by atoms with Gasteiger partial charge in [0.2, 0.25) is 5.91 Å². The van der Waals surface area contributed by atoms with E-state index in [4.69, 9.17) is 10.9 Å². The molecule has 0 saturated heterocycles. The Morgan fingerprint density at radius 2 is 2.38 bits per heavy atom. The van der Waals surface area contributed by atoms with Gasteiger partial charge >= 0.3 is 0 Å². The van der Waals surface area contributed by atoms with E-state index in [1.54, 1.807) is 0 Å². The Morgan fingerprint density at radius 3 is 2.85 bits per heavy atom. The minimum Gasteiger partial charge on any atom is -0.409 e. The first kappa shape index (κ1) is 9.83. The SMILES string of the molecule is CC(C(=O)NCC(N)=NO)C1CC1. The summed E-state index contributed by atoms with van der Waals surface area (Å²) in [6.07, 6.45) is 2.27. The molecule has 5 nitrogen and oxygen atoms in total. The number of oxime groups is 1. The Hall–Kier alpha value is -1.26. The molecule has 1 rings (SSSR count).